The molecule has 86 valence electrons. The lowest BCUT2D eigenvalue weighted by Crippen LogP contribution is -2.27. The normalized spacial score (nSPS) is 14.3. The second-order valence-electron chi connectivity index (χ2n) is 4.15. The highest BCUT2D eigenvalue weighted by atomic mass is 32.1. The summed E-state index contributed by atoms with van der Waals surface area (Å²) in [4.78, 5) is 24.6. The van der Waals surface area contributed by atoms with Crippen LogP contribution >= 0.6 is 11.3 Å². The summed E-state index contributed by atoms with van der Waals surface area (Å²) in [6, 6.07) is 1.98. The Labute approximate surface area is 98.9 Å². The van der Waals surface area contributed by atoms with Gasteiger partial charge in [0.05, 0.1) is 11.4 Å². The predicted octanol–water partition coefficient (Wildman–Crippen LogP) is 1.95. The first-order chi connectivity index (χ1) is 7.66. The Morgan fingerprint density at radius 3 is 2.81 bits per heavy atom. The predicted molar refractivity (Wildman–Crippen MR) is 64.0 cm³/mol. The summed E-state index contributed by atoms with van der Waals surface area (Å²) in [5.74, 6) is -0.135. The highest BCUT2D eigenvalue weighted by Crippen LogP contribution is 2.29. The lowest BCUT2D eigenvalue weighted by molar-refractivity contribution is -0.116. The maximum Gasteiger partial charge on any atom is 0.261 e. The largest absolute Gasteiger partial charge is 0.344 e. The Morgan fingerprint density at radius 1 is 1.38 bits per heavy atom. The average molecular weight is 237 g/mol. The second kappa shape index (κ2) is 4.78. The summed E-state index contributed by atoms with van der Waals surface area (Å²) in [6.45, 7) is 1.60. The van der Waals surface area contributed by atoms with Crippen LogP contribution in [0.2, 0.25) is 0 Å². The van der Waals surface area contributed by atoms with Gasteiger partial charge in [0.1, 0.15) is 5.78 Å². The van der Waals surface area contributed by atoms with Crippen molar-refractivity contribution in [2.75, 3.05) is 6.54 Å². The van der Waals surface area contributed by atoms with E-state index in [1.807, 2.05) is 6.07 Å². The monoisotopic (exact) mass is 237 g/mol. The highest BCUT2D eigenvalue weighted by Gasteiger charge is 2.16. The zero-order valence-electron chi connectivity index (χ0n) is 9.34. The standard InChI is InChI=1S/C12H15NO2S/c1-8(14)7-13-12(15)11-6-9-4-2-3-5-10(9)16-11/h6H,2-5,7H2,1H3,(H,13,15). The number of nitrogens with one attached hydrogen (secondary N) is 1. The number of fused-ring (bicyclic) bond motifs is 1. The average Bonchev–Trinajstić information content (AvgIpc) is 2.69. The van der Waals surface area contributed by atoms with Crippen LogP contribution in [-0.2, 0) is 17.6 Å². The Hall–Kier alpha value is -1.16. The molecule has 0 saturated carbocycles. The van der Waals surface area contributed by atoms with Crippen molar-refractivity contribution in [3.8, 4) is 0 Å². The quantitative estimate of drug-likeness (QED) is 0.873. The van der Waals surface area contributed by atoms with E-state index in [2.05, 4.69) is 5.32 Å². The summed E-state index contributed by atoms with van der Waals surface area (Å²) >= 11 is 1.57. The van der Waals surface area contributed by atoms with Gasteiger partial charge in [0, 0.05) is 4.88 Å². The fraction of sp³-hybridized carbons (Fsp3) is 0.500. The second-order valence-corrected chi connectivity index (χ2v) is 5.29. The van der Waals surface area contributed by atoms with Gasteiger partial charge >= 0.3 is 0 Å². The van der Waals surface area contributed by atoms with E-state index >= 15 is 0 Å². The first kappa shape index (κ1) is 11.3. The van der Waals surface area contributed by atoms with Crippen molar-refractivity contribution in [3.05, 3.63) is 21.4 Å². The van der Waals surface area contributed by atoms with Crippen LogP contribution in [0.15, 0.2) is 6.07 Å². The van der Waals surface area contributed by atoms with Crippen LogP contribution in [0.1, 0.15) is 39.9 Å². The van der Waals surface area contributed by atoms with Crippen LogP contribution < -0.4 is 5.32 Å². The van der Waals surface area contributed by atoms with Gasteiger partial charge in [0.2, 0.25) is 0 Å². The van der Waals surface area contributed by atoms with E-state index in [0.29, 0.717) is 0 Å². The molecule has 1 aromatic heterocycles. The summed E-state index contributed by atoms with van der Waals surface area (Å²) < 4.78 is 0. The van der Waals surface area contributed by atoms with Gasteiger partial charge in [-0.1, -0.05) is 0 Å². The Morgan fingerprint density at radius 2 is 2.12 bits per heavy atom. The molecule has 1 heterocycles. The molecule has 1 N–H and O–H groups in total. The fourth-order valence-electron chi connectivity index (χ4n) is 1.89. The molecule has 1 amide bonds. The van der Waals surface area contributed by atoms with Crippen LogP contribution in [0.25, 0.3) is 0 Å². The lowest BCUT2D eigenvalue weighted by atomic mass is 9.99. The summed E-state index contributed by atoms with van der Waals surface area (Å²) in [6.07, 6.45) is 4.63. The number of hydrogen-bond acceptors (Lipinski definition) is 3. The smallest absolute Gasteiger partial charge is 0.261 e. The zero-order chi connectivity index (χ0) is 11.5. The highest BCUT2D eigenvalue weighted by molar-refractivity contribution is 7.14. The van der Waals surface area contributed by atoms with Crippen molar-refractivity contribution in [3.63, 3.8) is 0 Å². The minimum atomic E-state index is -0.116. The van der Waals surface area contributed by atoms with Crippen molar-refractivity contribution in [1.29, 1.82) is 0 Å². The third kappa shape index (κ3) is 2.50. The van der Waals surface area contributed by atoms with Gasteiger partial charge in [-0.05, 0) is 44.2 Å². The molecule has 1 aromatic rings. The molecule has 2 rings (SSSR count). The minimum absolute atomic E-state index is 0.0188. The van der Waals surface area contributed by atoms with Crippen LogP contribution in [-0.4, -0.2) is 18.2 Å². The molecule has 0 radical (unpaired) electrons. The molecule has 3 nitrogen and oxygen atoms in total. The van der Waals surface area contributed by atoms with E-state index in [1.165, 1.54) is 30.2 Å². The maximum atomic E-state index is 11.7. The molecule has 0 saturated heterocycles. The van der Waals surface area contributed by atoms with Crippen molar-refractivity contribution in [2.45, 2.75) is 32.6 Å². The third-order valence-electron chi connectivity index (χ3n) is 2.72. The molecular formula is C12H15NO2S. The molecule has 1 aliphatic rings. The topological polar surface area (TPSA) is 46.2 Å². The van der Waals surface area contributed by atoms with Crippen LogP contribution in [0.5, 0.6) is 0 Å². The Kier molecular flexibility index (Phi) is 3.39. The van der Waals surface area contributed by atoms with E-state index in [0.717, 1.165) is 17.7 Å². The van der Waals surface area contributed by atoms with Crippen molar-refractivity contribution < 1.29 is 9.59 Å². The molecule has 0 spiro atoms. The number of Topliss-reactive ketones (excluding diaryl/α,β-unsaturated/α-hetero) is 1. The van der Waals surface area contributed by atoms with Crippen LogP contribution in [0.4, 0.5) is 0 Å². The first-order valence-electron chi connectivity index (χ1n) is 5.56. The number of carbonyl (C=O) groups is 2. The molecule has 16 heavy (non-hydrogen) atoms. The molecule has 0 aliphatic heterocycles. The van der Waals surface area contributed by atoms with Crippen LogP contribution in [0, 0.1) is 0 Å². The van der Waals surface area contributed by atoms with Crippen molar-refractivity contribution >= 4 is 23.0 Å². The zero-order valence-corrected chi connectivity index (χ0v) is 10.2. The first-order valence-corrected chi connectivity index (χ1v) is 6.37. The number of hydrogen-bond donors (Lipinski definition) is 1. The van der Waals surface area contributed by atoms with Crippen molar-refractivity contribution in [2.24, 2.45) is 0 Å². The summed E-state index contributed by atoms with van der Waals surface area (Å²) in [7, 11) is 0. The SMILES string of the molecule is CC(=O)CNC(=O)c1cc2c(s1)CCCC2. The third-order valence-corrected chi connectivity index (χ3v) is 3.95. The number of ketones is 1. The number of aryl methyl sites for hydroxylation is 2. The number of thiophene rings is 1. The van der Waals surface area contributed by atoms with E-state index in [-0.39, 0.29) is 18.2 Å². The van der Waals surface area contributed by atoms with Gasteiger partial charge in [0.15, 0.2) is 0 Å². The van der Waals surface area contributed by atoms with E-state index in [4.69, 9.17) is 0 Å². The lowest BCUT2D eigenvalue weighted by Gasteiger charge is -2.08. The van der Waals surface area contributed by atoms with Crippen LogP contribution in [0.3, 0.4) is 0 Å². The molecule has 0 aromatic carbocycles. The molecule has 0 fully saturated rings. The molecule has 4 heteroatoms. The molecular weight excluding hydrogens is 222 g/mol. The number of amides is 1. The van der Waals surface area contributed by atoms with Gasteiger partial charge < -0.3 is 5.32 Å². The van der Waals surface area contributed by atoms with Gasteiger partial charge in [-0.3, -0.25) is 9.59 Å². The minimum Gasteiger partial charge on any atom is -0.344 e. The Bertz CT molecular complexity index is 399. The van der Waals surface area contributed by atoms with E-state index in [1.54, 1.807) is 11.3 Å². The van der Waals surface area contributed by atoms with Gasteiger partial charge in [-0.2, -0.15) is 0 Å². The van der Waals surface area contributed by atoms with E-state index < -0.39 is 0 Å². The van der Waals surface area contributed by atoms with Gasteiger partial charge in [0.25, 0.3) is 5.91 Å². The summed E-state index contributed by atoms with van der Waals surface area (Å²) in [5, 5.41) is 2.63. The maximum absolute atomic E-state index is 11.7. The van der Waals surface area contributed by atoms with Gasteiger partial charge in [-0.25, -0.2) is 0 Å². The fourth-order valence-corrected chi connectivity index (χ4v) is 3.06. The Balaban J connectivity index is 2.06. The summed E-state index contributed by atoms with van der Waals surface area (Å²) in [5.41, 5.74) is 1.32. The van der Waals surface area contributed by atoms with Gasteiger partial charge in [-0.15, -0.1) is 11.3 Å². The number of rotatable bonds is 3. The van der Waals surface area contributed by atoms with E-state index in [9.17, 15) is 9.59 Å². The van der Waals surface area contributed by atoms with Crippen molar-refractivity contribution in [1.82, 2.24) is 5.32 Å². The molecule has 0 bridgehead atoms. The number of carbonyl (C=O) groups excluding carboxylic acids is 2. The molecule has 1 aliphatic carbocycles. The molecule has 0 atom stereocenters. The molecule has 0 unspecified atom stereocenters.